The number of nitrogens with two attached hydrogens (primary N) is 1. The molecule has 0 aromatic heterocycles. The summed E-state index contributed by atoms with van der Waals surface area (Å²) < 4.78 is 14.2. The summed E-state index contributed by atoms with van der Waals surface area (Å²) in [6.07, 6.45) is 1.04. The van der Waals surface area contributed by atoms with Crippen molar-refractivity contribution in [2.75, 3.05) is 6.54 Å². The van der Waals surface area contributed by atoms with E-state index in [1.807, 2.05) is 12.1 Å². The highest BCUT2D eigenvalue weighted by atomic mass is 79.9. The first-order chi connectivity index (χ1) is 6.22. The Balaban J connectivity index is 0.000000980. The van der Waals surface area contributed by atoms with Crippen molar-refractivity contribution in [2.24, 2.45) is 11.7 Å². The lowest BCUT2D eigenvalue weighted by molar-refractivity contribution is 0.605. The van der Waals surface area contributed by atoms with E-state index in [0.717, 1.165) is 16.5 Å². The summed E-state index contributed by atoms with van der Waals surface area (Å²) in [5, 5.41) is 0. The van der Waals surface area contributed by atoms with Crippen molar-refractivity contribution in [1.82, 2.24) is 0 Å². The van der Waals surface area contributed by atoms with Gasteiger partial charge >= 0.3 is 0 Å². The summed E-state index contributed by atoms with van der Waals surface area (Å²) in [4.78, 5) is 0. The third kappa shape index (κ3) is 2.27. The van der Waals surface area contributed by atoms with Crippen LogP contribution in [0.4, 0.5) is 4.39 Å². The van der Waals surface area contributed by atoms with Gasteiger partial charge in [0.2, 0.25) is 0 Å². The van der Waals surface area contributed by atoms with Gasteiger partial charge in [-0.05, 0) is 42.5 Å². The molecule has 2 N–H and O–H groups in total. The van der Waals surface area contributed by atoms with E-state index >= 15 is 0 Å². The largest absolute Gasteiger partial charge is 0.330 e. The van der Waals surface area contributed by atoms with Gasteiger partial charge in [-0.3, -0.25) is 0 Å². The molecule has 0 unspecified atom stereocenters. The molecule has 1 fully saturated rings. The molecule has 14 heavy (non-hydrogen) atoms. The Bertz CT molecular complexity index is 332. The summed E-state index contributed by atoms with van der Waals surface area (Å²) in [6.45, 7) is 0.667. The van der Waals surface area contributed by atoms with Crippen LogP contribution >= 0.6 is 28.3 Å². The molecule has 2 rings (SSSR count). The van der Waals surface area contributed by atoms with E-state index in [4.69, 9.17) is 5.73 Å². The molecule has 0 heterocycles. The molecule has 1 aromatic rings. The predicted molar refractivity (Wildman–Crippen MR) is 61.3 cm³/mol. The molecule has 2 atom stereocenters. The van der Waals surface area contributed by atoms with Gasteiger partial charge in [-0.15, -0.1) is 12.4 Å². The zero-order valence-corrected chi connectivity index (χ0v) is 9.94. The second kappa shape index (κ2) is 4.60. The minimum Gasteiger partial charge on any atom is -0.330 e. The van der Waals surface area contributed by atoms with E-state index in [-0.39, 0.29) is 18.2 Å². The Labute approximate surface area is 97.4 Å². The second-order valence-electron chi connectivity index (χ2n) is 3.50. The molecule has 1 aliphatic carbocycles. The van der Waals surface area contributed by atoms with Crippen molar-refractivity contribution in [3.63, 3.8) is 0 Å². The quantitative estimate of drug-likeness (QED) is 0.885. The van der Waals surface area contributed by atoms with Crippen LogP contribution in [0.3, 0.4) is 0 Å². The Morgan fingerprint density at radius 1 is 1.50 bits per heavy atom. The van der Waals surface area contributed by atoms with Gasteiger partial charge in [-0.25, -0.2) is 4.39 Å². The molecule has 1 aromatic carbocycles. The molecule has 1 saturated carbocycles. The number of rotatable bonds is 2. The van der Waals surface area contributed by atoms with Crippen LogP contribution in [0.1, 0.15) is 17.9 Å². The Hall–Kier alpha value is -0.120. The molecule has 1 nitrogen and oxygen atoms in total. The summed E-state index contributed by atoms with van der Waals surface area (Å²) in [6, 6.07) is 5.24. The highest BCUT2D eigenvalue weighted by molar-refractivity contribution is 9.10. The molecule has 0 radical (unpaired) electrons. The van der Waals surface area contributed by atoms with Crippen molar-refractivity contribution >= 4 is 28.3 Å². The average Bonchev–Trinajstić information content (AvgIpc) is 2.83. The number of benzene rings is 1. The highest BCUT2D eigenvalue weighted by Gasteiger charge is 2.38. The van der Waals surface area contributed by atoms with Gasteiger partial charge in [0.1, 0.15) is 5.82 Å². The second-order valence-corrected chi connectivity index (χ2v) is 4.42. The van der Waals surface area contributed by atoms with Crippen LogP contribution < -0.4 is 5.73 Å². The third-order valence-corrected chi connectivity index (χ3v) is 3.08. The van der Waals surface area contributed by atoms with E-state index in [1.165, 1.54) is 6.07 Å². The van der Waals surface area contributed by atoms with Crippen molar-refractivity contribution < 1.29 is 4.39 Å². The summed E-state index contributed by atoms with van der Waals surface area (Å²) in [5.41, 5.74) is 6.33. The Kier molecular flexibility index (Phi) is 3.93. The van der Waals surface area contributed by atoms with E-state index in [0.29, 0.717) is 18.4 Å². The minimum absolute atomic E-state index is 0. The fourth-order valence-electron chi connectivity index (χ4n) is 1.69. The first-order valence-corrected chi connectivity index (χ1v) is 5.16. The van der Waals surface area contributed by atoms with Gasteiger partial charge in [-0.1, -0.05) is 22.0 Å². The first-order valence-electron chi connectivity index (χ1n) is 4.37. The standard InChI is InChI=1S/C10H11BrFN.ClH/c11-7-1-2-8(10(12)4-7)9-3-6(9)5-13;/h1-2,4,6,9H,3,5,13H2;1H/t6-,9+;/m0./s1. The van der Waals surface area contributed by atoms with Crippen LogP contribution in [0.15, 0.2) is 22.7 Å². The summed E-state index contributed by atoms with van der Waals surface area (Å²) in [7, 11) is 0. The smallest absolute Gasteiger partial charge is 0.127 e. The van der Waals surface area contributed by atoms with Crippen LogP contribution in [0.5, 0.6) is 0 Å². The van der Waals surface area contributed by atoms with E-state index in [9.17, 15) is 4.39 Å². The fraction of sp³-hybridized carbons (Fsp3) is 0.400. The fourth-order valence-corrected chi connectivity index (χ4v) is 2.02. The van der Waals surface area contributed by atoms with E-state index in [1.54, 1.807) is 0 Å². The molecule has 0 bridgehead atoms. The van der Waals surface area contributed by atoms with Crippen molar-refractivity contribution in [3.05, 3.63) is 34.1 Å². The molecular formula is C10H12BrClFN. The zero-order chi connectivity index (χ0) is 9.42. The van der Waals surface area contributed by atoms with Crippen LogP contribution in [0.25, 0.3) is 0 Å². The van der Waals surface area contributed by atoms with Crippen molar-refractivity contribution in [3.8, 4) is 0 Å². The van der Waals surface area contributed by atoms with Gasteiger partial charge in [0.05, 0.1) is 0 Å². The topological polar surface area (TPSA) is 26.0 Å². The highest BCUT2D eigenvalue weighted by Crippen LogP contribution is 2.47. The Morgan fingerprint density at radius 2 is 2.21 bits per heavy atom. The maximum absolute atomic E-state index is 13.4. The maximum Gasteiger partial charge on any atom is 0.127 e. The first kappa shape index (κ1) is 12.0. The monoisotopic (exact) mass is 279 g/mol. The molecule has 0 saturated heterocycles. The zero-order valence-electron chi connectivity index (χ0n) is 7.54. The number of halogens is 3. The van der Waals surface area contributed by atoms with Gasteiger partial charge in [0.15, 0.2) is 0 Å². The van der Waals surface area contributed by atoms with Crippen molar-refractivity contribution in [2.45, 2.75) is 12.3 Å². The van der Waals surface area contributed by atoms with Gasteiger partial charge in [0, 0.05) is 4.47 Å². The molecule has 0 aliphatic heterocycles. The number of hydrogen-bond donors (Lipinski definition) is 1. The van der Waals surface area contributed by atoms with Gasteiger partial charge in [0.25, 0.3) is 0 Å². The molecule has 78 valence electrons. The average molecular weight is 281 g/mol. The Morgan fingerprint density at radius 3 is 2.71 bits per heavy atom. The van der Waals surface area contributed by atoms with Crippen LogP contribution in [-0.2, 0) is 0 Å². The van der Waals surface area contributed by atoms with Gasteiger partial charge < -0.3 is 5.73 Å². The minimum atomic E-state index is -0.115. The van der Waals surface area contributed by atoms with Crippen LogP contribution in [0, 0.1) is 11.7 Å². The maximum atomic E-state index is 13.4. The molecule has 4 heteroatoms. The number of hydrogen-bond acceptors (Lipinski definition) is 1. The predicted octanol–water partition coefficient (Wildman–Crippen LogP) is 3.07. The summed E-state index contributed by atoms with van der Waals surface area (Å²) >= 11 is 3.23. The van der Waals surface area contributed by atoms with E-state index in [2.05, 4.69) is 15.9 Å². The molecule has 0 amide bonds. The SMILES string of the molecule is Cl.NC[C@@H]1C[C@H]1c1ccc(Br)cc1F. The lowest BCUT2D eigenvalue weighted by atomic mass is 10.1. The lowest BCUT2D eigenvalue weighted by Gasteiger charge is -2.01. The summed E-state index contributed by atoms with van der Waals surface area (Å²) in [5.74, 6) is 0.740. The van der Waals surface area contributed by atoms with Gasteiger partial charge in [-0.2, -0.15) is 0 Å². The van der Waals surface area contributed by atoms with Crippen molar-refractivity contribution in [1.29, 1.82) is 0 Å². The lowest BCUT2D eigenvalue weighted by Crippen LogP contribution is -2.02. The van der Waals surface area contributed by atoms with Crippen LogP contribution in [-0.4, -0.2) is 6.54 Å². The normalized spacial score (nSPS) is 24.2. The molecule has 1 aliphatic rings. The van der Waals surface area contributed by atoms with Crippen LogP contribution in [0.2, 0.25) is 0 Å². The molecular weight excluding hydrogens is 268 g/mol. The van der Waals surface area contributed by atoms with E-state index < -0.39 is 0 Å². The molecule has 0 spiro atoms. The third-order valence-electron chi connectivity index (χ3n) is 2.59.